The van der Waals surface area contributed by atoms with Crippen molar-refractivity contribution in [2.75, 3.05) is 32.7 Å². The van der Waals surface area contributed by atoms with Crippen LogP contribution in [0, 0.1) is 28.5 Å². The van der Waals surface area contributed by atoms with Crippen LogP contribution in [0.5, 0.6) is 0 Å². The molecule has 2 heterocycles. The third-order valence-corrected chi connectivity index (χ3v) is 7.95. The first-order valence-electron chi connectivity index (χ1n) is 11.6. The molecule has 0 unspecified atom stereocenters. The first-order chi connectivity index (χ1) is 16.2. The summed E-state index contributed by atoms with van der Waals surface area (Å²) < 4.78 is 14.3. The van der Waals surface area contributed by atoms with Crippen LogP contribution >= 0.6 is 11.6 Å². The monoisotopic (exact) mass is 490 g/mol. The summed E-state index contributed by atoms with van der Waals surface area (Å²) in [5, 5.41) is 22.5. The summed E-state index contributed by atoms with van der Waals surface area (Å²) >= 11 is 5.85. The Morgan fingerprint density at radius 3 is 2.53 bits per heavy atom. The van der Waals surface area contributed by atoms with Crippen molar-refractivity contribution in [2.24, 2.45) is 11.3 Å². The van der Waals surface area contributed by atoms with E-state index in [9.17, 15) is 29.1 Å². The van der Waals surface area contributed by atoms with Crippen LogP contribution in [0.4, 0.5) is 9.18 Å². The molecule has 0 spiro atoms. The first-order valence-corrected chi connectivity index (χ1v) is 12.0. The predicted octanol–water partition coefficient (Wildman–Crippen LogP) is 3.02. The molecule has 4 rings (SSSR count). The quantitative estimate of drug-likeness (QED) is 0.633. The number of piperidine rings is 1. The van der Waals surface area contributed by atoms with Gasteiger partial charge < -0.3 is 15.3 Å². The summed E-state index contributed by atoms with van der Waals surface area (Å²) in [6.07, 6.45) is 0.717. The molecule has 2 N–H and O–H groups in total. The van der Waals surface area contributed by atoms with E-state index in [4.69, 9.17) is 11.6 Å². The molecule has 1 saturated carbocycles. The van der Waals surface area contributed by atoms with Gasteiger partial charge in [0.15, 0.2) is 5.78 Å². The second-order valence-corrected chi connectivity index (χ2v) is 9.84. The molecule has 0 aromatic heterocycles. The number of likely N-dealkylation sites (N-methyl/N-ethyl adjacent to an activating group) is 1. The lowest BCUT2D eigenvalue weighted by Crippen LogP contribution is -2.63. The molecule has 2 amide bonds. The Bertz CT molecular complexity index is 1050. The smallest absolute Gasteiger partial charge is 0.408 e. The van der Waals surface area contributed by atoms with Crippen LogP contribution in [0.25, 0.3) is 0 Å². The number of likely N-dealkylation sites (tertiary alicyclic amines) is 1. The number of Topliss-reactive ketones (excluding diaryl/α,β-unsaturated/α-hetero) is 1. The van der Waals surface area contributed by atoms with Crippen molar-refractivity contribution < 1.29 is 23.9 Å². The maximum Gasteiger partial charge on any atom is 0.408 e. The van der Waals surface area contributed by atoms with Gasteiger partial charge in [-0.1, -0.05) is 17.7 Å². The molecule has 0 bridgehead atoms. The molecule has 0 radical (unpaired) electrons. The van der Waals surface area contributed by atoms with Crippen LogP contribution in [0.2, 0.25) is 5.02 Å². The van der Waals surface area contributed by atoms with Gasteiger partial charge in [-0.15, -0.1) is 0 Å². The minimum Gasteiger partial charge on any atom is -0.465 e. The van der Waals surface area contributed by atoms with Crippen molar-refractivity contribution in [3.8, 4) is 6.07 Å². The molecule has 1 aliphatic carbocycles. The van der Waals surface area contributed by atoms with Crippen LogP contribution < -0.4 is 5.32 Å². The van der Waals surface area contributed by atoms with E-state index >= 15 is 0 Å². The molecule has 1 aromatic rings. The van der Waals surface area contributed by atoms with Crippen molar-refractivity contribution >= 4 is 29.4 Å². The molecule has 2 aliphatic heterocycles. The lowest BCUT2D eigenvalue weighted by atomic mass is 9.71. The summed E-state index contributed by atoms with van der Waals surface area (Å²) in [6.45, 7) is 2.91. The zero-order chi connectivity index (χ0) is 24.7. The number of carbonyl (C=O) groups is 3. The van der Waals surface area contributed by atoms with Crippen molar-refractivity contribution in [1.82, 2.24) is 15.1 Å². The average molecular weight is 491 g/mol. The number of hydrogen-bond donors (Lipinski definition) is 2. The van der Waals surface area contributed by atoms with E-state index in [0.29, 0.717) is 50.9 Å². The number of benzene rings is 1. The highest BCUT2D eigenvalue weighted by Crippen LogP contribution is 2.47. The second kappa shape index (κ2) is 9.16. The largest absolute Gasteiger partial charge is 0.465 e. The number of hydrogen-bond acceptors (Lipinski definition) is 5. The summed E-state index contributed by atoms with van der Waals surface area (Å²) in [5.74, 6) is -2.04. The van der Waals surface area contributed by atoms with E-state index in [1.54, 1.807) is 17.9 Å². The number of halogens is 2. The van der Waals surface area contributed by atoms with E-state index in [1.807, 2.05) is 0 Å². The molecular weight excluding hydrogens is 463 g/mol. The summed E-state index contributed by atoms with van der Waals surface area (Å²) in [4.78, 5) is 41.9. The highest BCUT2D eigenvalue weighted by atomic mass is 35.5. The van der Waals surface area contributed by atoms with Crippen molar-refractivity contribution in [2.45, 2.75) is 44.1 Å². The van der Waals surface area contributed by atoms with Gasteiger partial charge in [0.25, 0.3) is 0 Å². The van der Waals surface area contributed by atoms with Crippen molar-refractivity contribution in [1.29, 1.82) is 5.26 Å². The van der Waals surface area contributed by atoms with Crippen LogP contribution in [0.15, 0.2) is 18.2 Å². The molecular formula is C24H28ClFN4O4. The highest BCUT2D eigenvalue weighted by molar-refractivity contribution is 6.30. The van der Waals surface area contributed by atoms with Crippen LogP contribution in [-0.4, -0.2) is 71.0 Å². The van der Waals surface area contributed by atoms with Gasteiger partial charge in [-0.25, -0.2) is 9.18 Å². The Labute approximate surface area is 202 Å². The molecule has 10 heteroatoms. The summed E-state index contributed by atoms with van der Waals surface area (Å²) in [7, 11) is 0. The normalized spacial score (nSPS) is 26.1. The Morgan fingerprint density at radius 1 is 1.32 bits per heavy atom. The van der Waals surface area contributed by atoms with Gasteiger partial charge in [0, 0.05) is 44.6 Å². The highest BCUT2D eigenvalue weighted by Gasteiger charge is 2.58. The Balaban J connectivity index is 1.62. The summed E-state index contributed by atoms with van der Waals surface area (Å²) in [6, 6.07) is 6.46. The van der Waals surface area contributed by atoms with Gasteiger partial charge in [0.2, 0.25) is 5.91 Å². The maximum absolute atomic E-state index is 14.3. The van der Waals surface area contributed by atoms with E-state index < -0.39 is 34.7 Å². The molecule has 2 atom stereocenters. The molecule has 2 saturated heterocycles. The minimum atomic E-state index is -1.40. The number of nitrogens with one attached hydrogen (secondary N) is 1. The lowest BCUT2D eigenvalue weighted by molar-refractivity contribution is -0.141. The van der Waals surface area contributed by atoms with Gasteiger partial charge in [-0.3, -0.25) is 14.5 Å². The number of ketones is 1. The van der Waals surface area contributed by atoms with E-state index in [1.165, 1.54) is 17.0 Å². The zero-order valence-electron chi connectivity index (χ0n) is 19.0. The number of amides is 2. The molecule has 182 valence electrons. The Kier molecular flexibility index (Phi) is 6.58. The SMILES string of the molecule is CCN(C(=O)O)[C@]1(C(=O)C2CCN(C(=O)C3(C#N)CC3)CC2)CNC[C@H]1c1ccc(Cl)c(F)c1. The average Bonchev–Trinajstić information content (AvgIpc) is 3.52. The zero-order valence-corrected chi connectivity index (χ0v) is 19.8. The summed E-state index contributed by atoms with van der Waals surface area (Å²) in [5.41, 5.74) is -1.79. The number of carbonyl (C=O) groups excluding carboxylic acids is 2. The fraction of sp³-hybridized carbons (Fsp3) is 0.583. The number of rotatable bonds is 6. The molecule has 1 aromatic carbocycles. The van der Waals surface area contributed by atoms with Gasteiger partial charge in [0.1, 0.15) is 16.8 Å². The predicted molar refractivity (Wildman–Crippen MR) is 122 cm³/mol. The molecule has 3 aliphatic rings. The van der Waals surface area contributed by atoms with Gasteiger partial charge in [0.05, 0.1) is 11.1 Å². The number of nitrogens with zero attached hydrogens (tertiary/aromatic N) is 3. The van der Waals surface area contributed by atoms with Crippen LogP contribution in [0.1, 0.15) is 44.1 Å². The third-order valence-electron chi connectivity index (χ3n) is 7.65. The molecule has 34 heavy (non-hydrogen) atoms. The van der Waals surface area contributed by atoms with E-state index in [0.717, 1.165) is 0 Å². The van der Waals surface area contributed by atoms with Gasteiger partial charge >= 0.3 is 6.09 Å². The van der Waals surface area contributed by atoms with Gasteiger partial charge in [-0.05, 0) is 50.3 Å². The van der Waals surface area contributed by atoms with Crippen LogP contribution in [-0.2, 0) is 9.59 Å². The lowest BCUT2D eigenvalue weighted by Gasteiger charge is -2.45. The van der Waals surface area contributed by atoms with Gasteiger partial charge in [-0.2, -0.15) is 5.26 Å². The topological polar surface area (TPSA) is 114 Å². The van der Waals surface area contributed by atoms with Crippen LogP contribution in [0.3, 0.4) is 0 Å². The fourth-order valence-electron chi connectivity index (χ4n) is 5.58. The van der Waals surface area contributed by atoms with E-state index in [2.05, 4.69) is 11.4 Å². The molecule has 3 fully saturated rings. The maximum atomic E-state index is 14.3. The Morgan fingerprint density at radius 2 is 2.00 bits per heavy atom. The Hall–Kier alpha value is -2.70. The number of carboxylic acid groups (broad SMARTS) is 1. The number of nitriles is 1. The fourth-order valence-corrected chi connectivity index (χ4v) is 5.70. The third kappa shape index (κ3) is 3.93. The second-order valence-electron chi connectivity index (χ2n) is 9.43. The van der Waals surface area contributed by atoms with E-state index in [-0.39, 0.29) is 29.8 Å². The standard InChI is InChI=1S/C24H28ClFN4O4/c1-2-30(22(33)34)24(14-28-12-17(24)16-3-4-18(25)19(26)11-16)20(31)15-5-9-29(10-6-15)21(32)23(13-27)7-8-23/h3-4,11,15,17,28H,2,5-10,12,14H2,1H3,(H,33,34)/t17-,24+/m0/s1. The van der Waals surface area contributed by atoms with Crippen molar-refractivity contribution in [3.63, 3.8) is 0 Å². The van der Waals surface area contributed by atoms with Crippen molar-refractivity contribution in [3.05, 3.63) is 34.6 Å². The first kappa shape index (κ1) is 24.4. The minimum absolute atomic E-state index is 0.0416. The molecule has 8 nitrogen and oxygen atoms in total.